The Kier molecular flexibility index (Phi) is 10.2. The molecule has 0 spiro atoms. The van der Waals surface area contributed by atoms with Gasteiger partial charge in [-0.15, -0.1) is 0 Å². The molecule has 0 rings (SSSR count). The van der Waals surface area contributed by atoms with Crippen molar-refractivity contribution in [3.05, 3.63) is 0 Å². The third-order valence-electron chi connectivity index (χ3n) is 1.20. The molecule has 0 aromatic carbocycles. The van der Waals surface area contributed by atoms with Crippen molar-refractivity contribution < 1.29 is 19.0 Å². The van der Waals surface area contributed by atoms with Gasteiger partial charge in [-0.2, -0.15) is 0 Å². The second-order valence-corrected chi connectivity index (χ2v) is 2.20. The number of hydrogen-bond acceptors (Lipinski definition) is 4. The molecule has 0 aliphatic carbocycles. The average molecular weight is 176 g/mol. The lowest BCUT2D eigenvalue weighted by Crippen LogP contribution is -2.07. The van der Waals surface area contributed by atoms with Crippen LogP contribution in [-0.2, 0) is 19.0 Å². The summed E-state index contributed by atoms with van der Waals surface area (Å²) in [5, 5.41) is 0. The summed E-state index contributed by atoms with van der Waals surface area (Å²) in [4.78, 5) is 9.80. The fraction of sp³-hybridized carbons (Fsp3) is 0.875. The highest BCUT2D eigenvalue weighted by Gasteiger charge is 1.88. The minimum Gasteiger partial charge on any atom is -0.385 e. The third kappa shape index (κ3) is 9.55. The second-order valence-electron chi connectivity index (χ2n) is 2.20. The van der Waals surface area contributed by atoms with E-state index >= 15 is 0 Å². The van der Waals surface area contributed by atoms with Gasteiger partial charge in [0.2, 0.25) is 0 Å². The summed E-state index contributed by atoms with van der Waals surface area (Å²) in [6, 6.07) is 0. The van der Waals surface area contributed by atoms with Gasteiger partial charge < -0.3 is 19.0 Å². The van der Waals surface area contributed by atoms with E-state index < -0.39 is 0 Å². The van der Waals surface area contributed by atoms with Crippen molar-refractivity contribution in [2.24, 2.45) is 0 Å². The Morgan fingerprint density at radius 1 is 1.08 bits per heavy atom. The predicted molar refractivity (Wildman–Crippen MR) is 44.2 cm³/mol. The maximum Gasteiger partial charge on any atom is 0.145 e. The summed E-state index contributed by atoms with van der Waals surface area (Å²) in [5.74, 6) is 0. The first-order valence-corrected chi connectivity index (χ1v) is 4.00. The molecule has 0 aliphatic rings. The molecule has 0 aromatic rings. The van der Waals surface area contributed by atoms with Crippen LogP contribution in [0, 0.1) is 0 Å². The van der Waals surface area contributed by atoms with Crippen LogP contribution in [0.1, 0.15) is 6.42 Å². The topological polar surface area (TPSA) is 44.8 Å². The molecule has 0 unspecified atom stereocenters. The lowest BCUT2D eigenvalue weighted by Gasteiger charge is -2.02. The zero-order chi connectivity index (χ0) is 9.07. The number of ether oxygens (including phenoxy) is 3. The number of aldehydes is 1. The van der Waals surface area contributed by atoms with Crippen LogP contribution in [0.3, 0.4) is 0 Å². The Morgan fingerprint density at radius 3 is 2.50 bits per heavy atom. The summed E-state index contributed by atoms with van der Waals surface area (Å²) < 4.78 is 14.9. The molecule has 0 saturated heterocycles. The van der Waals surface area contributed by atoms with E-state index in [1.54, 1.807) is 7.11 Å². The van der Waals surface area contributed by atoms with Gasteiger partial charge in [-0.3, -0.25) is 0 Å². The van der Waals surface area contributed by atoms with Crippen LogP contribution in [0.5, 0.6) is 0 Å². The zero-order valence-corrected chi connectivity index (χ0v) is 7.45. The molecule has 0 heterocycles. The molecule has 4 nitrogen and oxygen atoms in total. The third-order valence-corrected chi connectivity index (χ3v) is 1.20. The van der Waals surface area contributed by atoms with Crippen LogP contribution < -0.4 is 0 Å². The number of carbonyl (C=O) groups is 1. The summed E-state index contributed by atoms with van der Waals surface area (Å²) in [6.07, 6.45) is 1.62. The van der Waals surface area contributed by atoms with E-state index in [1.807, 2.05) is 0 Å². The van der Waals surface area contributed by atoms with Crippen LogP contribution in [0.25, 0.3) is 0 Å². The summed E-state index contributed by atoms with van der Waals surface area (Å²) >= 11 is 0. The molecule has 0 fully saturated rings. The molecule has 4 heteroatoms. The molecule has 0 amide bonds. The van der Waals surface area contributed by atoms with Crippen LogP contribution in [0.15, 0.2) is 0 Å². The van der Waals surface area contributed by atoms with Crippen molar-refractivity contribution in [3.8, 4) is 0 Å². The molecule has 12 heavy (non-hydrogen) atoms. The SMILES string of the molecule is COCCCOCCOCC=O. The van der Waals surface area contributed by atoms with Gasteiger partial charge in [0.1, 0.15) is 12.9 Å². The van der Waals surface area contributed by atoms with E-state index in [0.717, 1.165) is 19.3 Å². The van der Waals surface area contributed by atoms with Gasteiger partial charge in [-0.25, -0.2) is 0 Å². The second kappa shape index (κ2) is 10.6. The van der Waals surface area contributed by atoms with Gasteiger partial charge >= 0.3 is 0 Å². The first-order chi connectivity index (χ1) is 5.91. The zero-order valence-electron chi connectivity index (χ0n) is 7.45. The van der Waals surface area contributed by atoms with Crippen molar-refractivity contribution in [2.75, 3.05) is 40.1 Å². The van der Waals surface area contributed by atoms with E-state index in [2.05, 4.69) is 0 Å². The van der Waals surface area contributed by atoms with E-state index in [1.165, 1.54) is 0 Å². The summed E-state index contributed by atoms with van der Waals surface area (Å²) in [7, 11) is 1.66. The minimum absolute atomic E-state index is 0.154. The quantitative estimate of drug-likeness (QED) is 0.373. The Hall–Kier alpha value is -0.450. The predicted octanol–water partition coefficient (Wildman–Crippen LogP) is 0.255. The molecular weight excluding hydrogens is 160 g/mol. The fourth-order valence-electron chi connectivity index (χ4n) is 0.657. The summed E-state index contributed by atoms with van der Waals surface area (Å²) in [5.41, 5.74) is 0. The first-order valence-electron chi connectivity index (χ1n) is 4.00. The monoisotopic (exact) mass is 176 g/mol. The molecule has 72 valence electrons. The van der Waals surface area contributed by atoms with Crippen LogP contribution in [0.2, 0.25) is 0 Å². The van der Waals surface area contributed by atoms with E-state index in [4.69, 9.17) is 14.2 Å². The van der Waals surface area contributed by atoms with E-state index in [0.29, 0.717) is 19.8 Å². The minimum atomic E-state index is 0.154. The van der Waals surface area contributed by atoms with Crippen molar-refractivity contribution in [3.63, 3.8) is 0 Å². The Bertz CT molecular complexity index is 95.1. The highest BCUT2D eigenvalue weighted by molar-refractivity contribution is 5.50. The molecule has 0 atom stereocenters. The maximum absolute atomic E-state index is 9.80. The molecular formula is C8H16O4. The van der Waals surface area contributed by atoms with Gasteiger partial charge in [0, 0.05) is 20.3 Å². The number of hydrogen-bond donors (Lipinski definition) is 0. The standard InChI is InChI=1S/C8H16O4/c1-10-4-2-5-11-7-8-12-6-3-9/h3H,2,4-8H2,1H3. The summed E-state index contributed by atoms with van der Waals surface area (Å²) in [6.45, 7) is 2.57. The first kappa shape index (κ1) is 11.6. The maximum atomic E-state index is 9.80. The van der Waals surface area contributed by atoms with Crippen LogP contribution >= 0.6 is 0 Å². The highest BCUT2D eigenvalue weighted by atomic mass is 16.5. The molecule has 0 N–H and O–H groups in total. The Labute approximate surface area is 72.8 Å². The fourth-order valence-corrected chi connectivity index (χ4v) is 0.657. The van der Waals surface area contributed by atoms with Crippen molar-refractivity contribution in [1.29, 1.82) is 0 Å². The van der Waals surface area contributed by atoms with Crippen molar-refractivity contribution in [2.45, 2.75) is 6.42 Å². The Morgan fingerprint density at radius 2 is 1.83 bits per heavy atom. The van der Waals surface area contributed by atoms with Gasteiger partial charge in [0.05, 0.1) is 13.2 Å². The van der Waals surface area contributed by atoms with Crippen molar-refractivity contribution in [1.82, 2.24) is 0 Å². The van der Waals surface area contributed by atoms with Crippen LogP contribution in [-0.4, -0.2) is 46.4 Å². The van der Waals surface area contributed by atoms with Crippen molar-refractivity contribution >= 4 is 6.29 Å². The molecule has 0 radical (unpaired) electrons. The lowest BCUT2D eigenvalue weighted by atomic mass is 10.5. The van der Waals surface area contributed by atoms with Gasteiger partial charge in [0.25, 0.3) is 0 Å². The molecule has 0 bridgehead atoms. The molecule has 0 aromatic heterocycles. The van der Waals surface area contributed by atoms with E-state index in [9.17, 15) is 4.79 Å². The van der Waals surface area contributed by atoms with Gasteiger partial charge in [-0.05, 0) is 6.42 Å². The van der Waals surface area contributed by atoms with E-state index in [-0.39, 0.29) is 6.61 Å². The smallest absolute Gasteiger partial charge is 0.145 e. The largest absolute Gasteiger partial charge is 0.385 e. The highest BCUT2D eigenvalue weighted by Crippen LogP contribution is 1.83. The van der Waals surface area contributed by atoms with Crippen LogP contribution in [0.4, 0.5) is 0 Å². The van der Waals surface area contributed by atoms with Gasteiger partial charge in [0.15, 0.2) is 0 Å². The normalized spacial score (nSPS) is 10.1. The Balaban J connectivity index is 2.77. The average Bonchev–Trinajstić information content (AvgIpc) is 2.10. The lowest BCUT2D eigenvalue weighted by molar-refractivity contribution is -0.112. The molecule has 0 saturated carbocycles. The van der Waals surface area contributed by atoms with Gasteiger partial charge in [-0.1, -0.05) is 0 Å². The number of methoxy groups -OCH3 is 1. The number of carbonyl (C=O) groups excluding carboxylic acids is 1. The number of rotatable bonds is 9. The molecule has 0 aliphatic heterocycles.